The number of carbonyl (C=O) groups is 2. The Kier molecular flexibility index (Phi) is 4.60. The lowest BCUT2D eigenvalue weighted by Crippen LogP contribution is -2.15. The Balaban J connectivity index is 1.48. The third-order valence-corrected chi connectivity index (χ3v) is 4.34. The highest BCUT2D eigenvalue weighted by Gasteiger charge is 2.39. The van der Waals surface area contributed by atoms with Crippen molar-refractivity contribution in [3.05, 3.63) is 35.4 Å². The first-order chi connectivity index (χ1) is 11.4. The molecule has 0 saturated carbocycles. The van der Waals surface area contributed by atoms with Crippen LogP contribution < -0.4 is 0 Å². The number of hydrogen-bond donors (Lipinski definition) is 0. The van der Waals surface area contributed by atoms with Gasteiger partial charge in [-0.25, -0.2) is 9.59 Å². The zero-order valence-corrected chi connectivity index (χ0v) is 14.0. The van der Waals surface area contributed by atoms with Crippen LogP contribution in [0.2, 0.25) is 0 Å². The van der Waals surface area contributed by atoms with E-state index < -0.39 is 11.9 Å². The summed E-state index contributed by atoms with van der Waals surface area (Å²) in [4.78, 5) is 24.1. The van der Waals surface area contributed by atoms with Gasteiger partial charge in [-0.1, -0.05) is 6.07 Å². The van der Waals surface area contributed by atoms with Crippen LogP contribution >= 0.6 is 0 Å². The molecule has 0 amide bonds. The van der Waals surface area contributed by atoms with Crippen molar-refractivity contribution in [3.8, 4) is 0 Å². The van der Waals surface area contributed by atoms with Crippen molar-refractivity contribution in [3.63, 3.8) is 0 Å². The zero-order chi connectivity index (χ0) is 17.2. The molecule has 6 heteroatoms. The fraction of sp³-hybridized carbons (Fsp3) is 0.556. The van der Waals surface area contributed by atoms with Crippen LogP contribution in [0.1, 0.15) is 47.4 Å². The Hall–Kier alpha value is -1.92. The maximum atomic E-state index is 12.0. The van der Waals surface area contributed by atoms with Crippen LogP contribution in [0, 0.1) is 0 Å². The molecule has 2 unspecified atom stereocenters. The van der Waals surface area contributed by atoms with Gasteiger partial charge < -0.3 is 18.9 Å². The first kappa shape index (κ1) is 16.9. The topological polar surface area (TPSA) is 77.7 Å². The lowest BCUT2D eigenvalue weighted by atomic mass is 10.1. The van der Waals surface area contributed by atoms with Crippen LogP contribution in [-0.2, 0) is 18.9 Å². The van der Waals surface area contributed by atoms with Gasteiger partial charge in [0.15, 0.2) is 0 Å². The highest BCUT2D eigenvalue weighted by Crippen LogP contribution is 2.30. The smallest absolute Gasteiger partial charge is 0.338 e. The van der Waals surface area contributed by atoms with E-state index in [-0.39, 0.29) is 11.2 Å². The van der Waals surface area contributed by atoms with Crippen molar-refractivity contribution >= 4 is 11.9 Å². The van der Waals surface area contributed by atoms with E-state index in [0.717, 1.165) is 0 Å². The second-order valence-corrected chi connectivity index (χ2v) is 6.83. The molecule has 2 saturated heterocycles. The van der Waals surface area contributed by atoms with Gasteiger partial charge in [-0.3, -0.25) is 0 Å². The Morgan fingerprint density at radius 2 is 1.38 bits per heavy atom. The molecule has 6 nitrogen and oxygen atoms in total. The molecular formula is C18H22O6. The van der Waals surface area contributed by atoms with Gasteiger partial charge in [0.25, 0.3) is 0 Å². The lowest BCUT2D eigenvalue weighted by molar-refractivity contribution is 0.0476. The number of rotatable bonds is 8. The molecule has 2 aliphatic heterocycles. The van der Waals surface area contributed by atoms with Gasteiger partial charge >= 0.3 is 11.9 Å². The van der Waals surface area contributed by atoms with Crippen molar-refractivity contribution in [2.45, 2.75) is 37.9 Å². The van der Waals surface area contributed by atoms with Gasteiger partial charge in [0.1, 0.15) is 0 Å². The predicted molar refractivity (Wildman–Crippen MR) is 85.0 cm³/mol. The summed E-state index contributed by atoms with van der Waals surface area (Å²) >= 11 is 0. The second kappa shape index (κ2) is 6.53. The molecule has 2 fully saturated rings. The minimum absolute atomic E-state index is 0.145. The second-order valence-electron chi connectivity index (χ2n) is 6.83. The summed E-state index contributed by atoms with van der Waals surface area (Å²) in [6.07, 6.45) is 1.34. The van der Waals surface area contributed by atoms with Crippen molar-refractivity contribution < 1.29 is 28.5 Å². The molecule has 0 N–H and O–H groups in total. The average Bonchev–Trinajstić information content (AvgIpc) is 3.47. The molecule has 1 aromatic rings. The highest BCUT2D eigenvalue weighted by molar-refractivity contribution is 5.95. The molecule has 2 atom stereocenters. The number of benzene rings is 1. The Labute approximate surface area is 141 Å². The van der Waals surface area contributed by atoms with Crippen LogP contribution in [-0.4, -0.2) is 49.6 Å². The molecule has 130 valence electrons. The molecule has 2 heterocycles. The summed E-state index contributed by atoms with van der Waals surface area (Å²) in [5.41, 5.74) is 0.384. The van der Waals surface area contributed by atoms with E-state index in [1.807, 2.05) is 13.8 Å². The van der Waals surface area contributed by atoms with Crippen LogP contribution in [0.5, 0.6) is 0 Å². The van der Waals surface area contributed by atoms with Crippen molar-refractivity contribution in [1.82, 2.24) is 0 Å². The van der Waals surface area contributed by atoms with E-state index >= 15 is 0 Å². The lowest BCUT2D eigenvalue weighted by Gasteiger charge is -2.09. The van der Waals surface area contributed by atoms with Gasteiger partial charge in [0, 0.05) is 12.8 Å². The maximum Gasteiger partial charge on any atom is 0.338 e. The zero-order valence-electron chi connectivity index (χ0n) is 14.0. The van der Waals surface area contributed by atoms with Crippen molar-refractivity contribution in [2.24, 2.45) is 0 Å². The summed E-state index contributed by atoms with van der Waals surface area (Å²) in [6, 6.07) is 6.38. The molecular weight excluding hydrogens is 312 g/mol. The number of carbonyl (C=O) groups excluding carboxylic acids is 2. The summed E-state index contributed by atoms with van der Waals surface area (Å²) in [5, 5.41) is 0. The predicted octanol–water partition coefficient (Wildman–Crippen LogP) is 2.36. The van der Waals surface area contributed by atoms with E-state index in [1.54, 1.807) is 18.2 Å². The Morgan fingerprint density at radius 3 is 1.75 bits per heavy atom. The summed E-state index contributed by atoms with van der Waals surface area (Å²) in [5.74, 6) is -0.902. The first-order valence-corrected chi connectivity index (χ1v) is 8.12. The molecule has 0 spiro atoms. The number of ether oxygens (including phenoxy) is 4. The van der Waals surface area contributed by atoms with Crippen molar-refractivity contribution in [2.75, 3.05) is 26.4 Å². The Morgan fingerprint density at radius 1 is 0.958 bits per heavy atom. The van der Waals surface area contributed by atoms with Crippen LogP contribution in [0.25, 0.3) is 0 Å². The first-order valence-electron chi connectivity index (χ1n) is 8.12. The minimum Gasteiger partial charge on any atom is -0.462 e. The average molecular weight is 334 g/mol. The van der Waals surface area contributed by atoms with E-state index in [2.05, 4.69) is 0 Å². The quantitative estimate of drug-likeness (QED) is 0.536. The fourth-order valence-electron chi connectivity index (χ4n) is 2.19. The minimum atomic E-state index is -0.451. The van der Waals surface area contributed by atoms with E-state index in [4.69, 9.17) is 18.9 Å². The number of epoxide rings is 2. The molecule has 0 aliphatic carbocycles. The normalized spacial score (nSPS) is 27.4. The third kappa shape index (κ3) is 4.55. The van der Waals surface area contributed by atoms with E-state index in [9.17, 15) is 9.59 Å². The number of esters is 2. The van der Waals surface area contributed by atoms with Crippen LogP contribution in [0.3, 0.4) is 0 Å². The van der Waals surface area contributed by atoms with Gasteiger partial charge in [0.2, 0.25) is 0 Å². The van der Waals surface area contributed by atoms with E-state index in [0.29, 0.717) is 50.4 Å². The third-order valence-electron chi connectivity index (χ3n) is 4.34. The van der Waals surface area contributed by atoms with Crippen LogP contribution in [0.4, 0.5) is 0 Å². The molecule has 0 radical (unpaired) electrons. The Bertz CT molecular complexity index is 579. The van der Waals surface area contributed by atoms with Gasteiger partial charge in [-0.15, -0.1) is 0 Å². The summed E-state index contributed by atoms with van der Waals surface area (Å²) in [6.45, 7) is 5.95. The summed E-state index contributed by atoms with van der Waals surface area (Å²) in [7, 11) is 0. The van der Waals surface area contributed by atoms with Crippen LogP contribution in [0.15, 0.2) is 24.3 Å². The summed E-state index contributed by atoms with van der Waals surface area (Å²) < 4.78 is 20.9. The highest BCUT2D eigenvalue weighted by atomic mass is 16.6. The molecule has 0 aromatic heterocycles. The fourth-order valence-corrected chi connectivity index (χ4v) is 2.19. The molecule has 24 heavy (non-hydrogen) atoms. The van der Waals surface area contributed by atoms with E-state index in [1.165, 1.54) is 6.07 Å². The van der Waals surface area contributed by atoms with Gasteiger partial charge in [-0.05, 0) is 32.0 Å². The van der Waals surface area contributed by atoms with Gasteiger partial charge in [0.05, 0.1) is 48.8 Å². The van der Waals surface area contributed by atoms with Gasteiger partial charge in [-0.2, -0.15) is 0 Å². The monoisotopic (exact) mass is 334 g/mol. The number of hydrogen-bond acceptors (Lipinski definition) is 6. The van der Waals surface area contributed by atoms with Crippen molar-refractivity contribution in [1.29, 1.82) is 0 Å². The maximum absolute atomic E-state index is 12.0. The standard InChI is InChI=1S/C18H22O6/c1-17(11-23-17)6-8-21-15(19)13-4-3-5-14(10-13)16(20)22-9-7-18(2)12-24-18/h3-5,10H,6-9,11-12H2,1-2H3. The molecule has 0 bridgehead atoms. The molecule has 2 aliphatic rings. The SMILES string of the molecule is CC1(CCOC(=O)c2cccc(C(=O)OCCC3(C)CO3)c2)CO1. The molecule has 1 aromatic carbocycles. The molecule has 3 rings (SSSR count). The largest absolute Gasteiger partial charge is 0.462 e.